The zero-order valence-electron chi connectivity index (χ0n) is 48.3. The fourth-order valence-corrected chi connectivity index (χ4v) is 7.90. The van der Waals surface area contributed by atoms with Gasteiger partial charge in [0.2, 0.25) is 0 Å². The molecule has 0 amide bonds. The molecule has 0 N–H and O–H groups in total. The Balaban J connectivity index is 4.43. The van der Waals surface area contributed by atoms with E-state index in [0.717, 1.165) is 141 Å². The Morgan fingerprint density at radius 3 is 0.787 bits per heavy atom. The zero-order valence-corrected chi connectivity index (χ0v) is 48.3. The Morgan fingerprint density at radius 2 is 0.493 bits per heavy atom. The Hall–Kier alpha value is -4.71. The maximum atomic E-state index is 12.9. The van der Waals surface area contributed by atoms with Gasteiger partial charge in [-0.1, -0.05) is 250 Å². The average Bonchev–Trinajstić information content (AvgIpc) is 3.41. The van der Waals surface area contributed by atoms with Crippen molar-refractivity contribution in [1.29, 1.82) is 0 Å². The van der Waals surface area contributed by atoms with Crippen molar-refractivity contribution in [3.8, 4) is 0 Å². The third-order valence-corrected chi connectivity index (χ3v) is 12.3. The summed E-state index contributed by atoms with van der Waals surface area (Å²) < 4.78 is 16.8. The van der Waals surface area contributed by atoms with Gasteiger partial charge in [0.05, 0.1) is 0 Å². The highest BCUT2D eigenvalue weighted by molar-refractivity contribution is 5.71. The predicted molar refractivity (Wildman–Crippen MR) is 325 cm³/mol. The van der Waals surface area contributed by atoms with E-state index < -0.39 is 6.10 Å². The van der Waals surface area contributed by atoms with E-state index in [4.69, 9.17) is 14.2 Å². The summed E-state index contributed by atoms with van der Waals surface area (Å²) in [6.07, 6.45) is 88.5. The van der Waals surface area contributed by atoms with Gasteiger partial charge in [0.25, 0.3) is 0 Å². The predicted octanol–water partition coefficient (Wildman–Crippen LogP) is 20.8. The van der Waals surface area contributed by atoms with Crippen LogP contribution in [0.25, 0.3) is 0 Å². The van der Waals surface area contributed by atoms with Crippen LogP contribution in [0.15, 0.2) is 146 Å². The lowest BCUT2D eigenvalue weighted by atomic mass is 10.0. The first kappa shape index (κ1) is 70.3. The van der Waals surface area contributed by atoms with E-state index in [1.54, 1.807) is 0 Å². The number of carbonyl (C=O) groups is 3. The molecule has 0 rings (SSSR count). The number of esters is 3. The van der Waals surface area contributed by atoms with Gasteiger partial charge in [-0.3, -0.25) is 14.4 Å². The van der Waals surface area contributed by atoms with Crippen LogP contribution in [-0.4, -0.2) is 37.2 Å². The summed E-state index contributed by atoms with van der Waals surface area (Å²) in [5.74, 6) is -0.993. The second-order valence-corrected chi connectivity index (χ2v) is 19.5. The fourth-order valence-electron chi connectivity index (χ4n) is 7.90. The normalized spacial score (nSPS) is 13.2. The van der Waals surface area contributed by atoms with Crippen molar-refractivity contribution < 1.29 is 28.6 Å². The molecule has 0 heterocycles. The third kappa shape index (κ3) is 60.0. The zero-order chi connectivity index (χ0) is 54.3. The monoisotopic (exact) mass is 1030 g/mol. The third-order valence-electron chi connectivity index (χ3n) is 12.3. The number of ether oxygens (including phenoxy) is 3. The van der Waals surface area contributed by atoms with Crippen LogP contribution in [0, 0.1) is 0 Å². The van der Waals surface area contributed by atoms with Crippen molar-refractivity contribution in [2.24, 2.45) is 0 Å². The molecule has 0 fully saturated rings. The van der Waals surface area contributed by atoms with Crippen molar-refractivity contribution in [2.75, 3.05) is 13.2 Å². The van der Waals surface area contributed by atoms with E-state index >= 15 is 0 Å². The van der Waals surface area contributed by atoms with Crippen LogP contribution >= 0.6 is 0 Å². The molecule has 0 spiro atoms. The van der Waals surface area contributed by atoms with Crippen LogP contribution in [0.1, 0.15) is 252 Å². The quantitative estimate of drug-likeness (QED) is 0.0261. The Bertz CT molecular complexity index is 1660. The van der Waals surface area contributed by atoms with Crippen LogP contribution in [0.2, 0.25) is 0 Å². The van der Waals surface area contributed by atoms with Crippen LogP contribution in [0.5, 0.6) is 0 Å². The highest BCUT2D eigenvalue weighted by Gasteiger charge is 2.19. The minimum absolute atomic E-state index is 0.112. The van der Waals surface area contributed by atoms with Crippen LogP contribution in [0.4, 0.5) is 0 Å². The van der Waals surface area contributed by atoms with Gasteiger partial charge in [-0.15, -0.1) is 0 Å². The summed E-state index contributed by atoms with van der Waals surface area (Å²) in [5, 5.41) is 0. The van der Waals surface area contributed by atoms with E-state index in [9.17, 15) is 14.4 Å². The van der Waals surface area contributed by atoms with Crippen molar-refractivity contribution >= 4 is 17.9 Å². The van der Waals surface area contributed by atoms with Gasteiger partial charge in [-0.2, -0.15) is 0 Å². The molecule has 0 aromatic carbocycles. The summed E-state index contributed by atoms with van der Waals surface area (Å²) in [5.41, 5.74) is 0. The number of allylic oxidation sites excluding steroid dienone is 24. The van der Waals surface area contributed by atoms with E-state index in [-0.39, 0.29) is 37.5 Å². The molecule has 0 saturated heterocycles. The number of unbranched alkanes of at least 4 members (excludes halogenated alkanes) is 18. The van der Waals surface area contributed by atoms with Gasteiger partial charge in [0.1, 0.15) is 13.2 Å². The van der Waals surface area contributed by atoms with Gasteiger partial charge in [-0.05, 0) is 128 Å². The molecule has 1 atom stereocenters. The molecule has 75 heavy (non-hydrogen) atoms. The summed E-state index contributed by atoms with van der Waals surface area (Å²) in [6, 6.07) is 0. The maximum absolute atomic E-state index is 12.9. The van der Waals surface area contributed by atoms with Crippen molar-refractivity contribution in [2.45, 2.75) is 258 Å². The van der Waals surface area contributed by atoms with E-state index in [0.29, 0.717) is 19.3 Å². The molecule has 0 aromatic heterocycles. The Morgan fingerprint density at radius 1 is 0.267 bits per heavy atom. The molecule has 6 nitrogen and oxygen atoms in total. The molecule has 0 radical (unpaired) electrons. The van der Waals surface area contributed by atoms with Crippen molar-refractivity contribution in [3.05, 3.63) is 146 Å². The van der Waals surface area contributed by atoms with Gasteiger partial charge < -0.3 is 14.2 Å². The second-order valence-electron chi connectivity index (χ2n) is 19.5. The van der Waals surface area contributed by atoms with Gasteiger partial charge in [0.15, 0.2) is 6.10 Å². The number of hydrogen-bond donors (Lipinski definition) is 0. The van der Waals surface area contributed by atoms with Gasteiger partial charge in [0, 0.05) is 19.3 Å². The second kappa shape index (κ2) is 61.8. The smallest absolute Gasteiger partial charge is 0.306 e. The van der Waals surface area contributed by atoms with Crippen LogP contribution in [0.3, 0.4) is 0 Å². The van der Waals surface area contributed by atoms with Gasteiger partial charge >= 0.3 is 17.9 Å². The lowest BCUT2D eigenvalue weighted by Gasteiger charge is -2.18. The van der Waals surface area contributed by atoms with E-state index in [2.05, 4.69) is 167 Å². The Kier molecular flexibility index (Phi) is 58.0. The van der Waals surface area contributed by atoms with Crippen molar-refractivity contribution in [3.63, 3.8) is 0 Å². The molecular formula is C69H110O6. The first-order chi connectivity index (χ1) is 37.0. The molecule has 1 unspecified atom stereocenters. The lowest BCUT2D eigenvalue weighted by molar-refractivity contribution is -0.167. The van der Waals surface area contributed by atoms with Crippen molar-refractivity contribution in [1.82, 2.24) is 0 Å². The standard InChI is InChI=1S/C69H110O6/c1-4-7-10-13-16-19-22-25-28-30-31-32-33-34-35-36-37-39-41-44-47-50-53-56-59-62-68(71)74-65-66(64-73-67(70)61-58-55-52-49-46-43-40-27-24-21-18-15-12-9-6-3)75-69(72)63-60-57-54-51-48-45-42-38-29-26-23-20-17-14-11-8-5-2/h7-12,16-21,25-29,31-32,40,42,45,51,54,66H,4-6,13-15,22-24,30,33-39,41,43-44,46-50,52-53,55-65H2,1-3H3/b10-7-,11-8-,12-9-,19-16-,20-17-,21-18-,28-25-,29-26-,32-31-,40-27-,45-42-,54-51-. The molecule has 0 aromatic rings. The number of rotatable bonds is 53. The summed E-state index contributed by atoms with van der Waals surface area (Å²) in [6.45, 7) is 6.24. The molecule has 0 bridgehead atoms. The average molecular weight is 1040 g/mol. The molecule has 6 heteroatoms. The highest BCUT2D eigenvalue weighted by Crippen LogP contribution is 2.15. The lowest BCUT2D eigenvalue weighted by Crippen LogP contribution is -2.30. The molecular weight excluding hydrogens is 925 g/mol. The first-order valence-electron chi connectivity index (χ1n) is 30.3. The van der Waals surface area contributed by atoms with E-state index in [1.807, 2.05) is 0 Å². The minimum Gasteiger partial charge on any atom is -0.462 e. The van der Waals surface area contributed by atoms with Gasteiger partial charge in [-0.25, -0.2) is 0 Å². The molecule has 0 aliphatic rings. The topological polar surface area (TPSA) is 78.9 Å². The number of carbonyl (C=O) groups excluding carboxylic acids is 3. The molecule has 0 aliphatic heterocycles. The summed E-state index contributed by atoms with van der Waals surface area (Å²) in [7, 11) is 0. The number of hydrogen-bond acceptors (Lipinski definition) is 6. The summed E-state index contributed by atoms with van der Waals surface area (Å²) >= 11 is 0. The fraction of sp³-hybridized carbons (Fsp3) is 0.609. The van der Waals surface area contributed by atoms with E-state index in [1.165, 1.54) is 64.2 Å². The Labute approximate surface area is 461 Å². The summed E-state index contributed by atoms with van der Waals surface area (Å²) in [4.78, 5) is 38.2. The SMILES string of the molecule is CC/C=C\C/C=C\C/C=C\C/C=C\C/C=C\CCCC(=O)OC(COC(=O)CCCCCCC/C=C\C/C=C\C/C=C\CC)COC(=O)CCCCCCCCCCCCCC/C=C\C/C=C\C/C=C\C/C=C\CC. The van der Waals surface area contributed by atoms with Crippen LogP contribution < -0.4 is 0 Å². The highest BCUT2D eigenvalue weighted by atomic mass is 16.6. The largest absolute Gasteiger partial charge is 0.462 e. The molecule has 0 aliphatic carbocycles. The first-order valence-corrected chi connectivity index (χ1v) is 30.3. The minimum atomic E-state index is -0.823. The van der Waals surface area contributed by atoms with Crippen LogP contribution in [-0.2, 0) is 28.6 Å². The molecule has 422 valence electrons. The maximum Gasteiger partial charge on any atom is 0.306 e. The molecule has 0 saturated carbocycles.